The van der Waals surface area contributed by atoms with E-state index in [4.69, 9.17) is 10.2 Å². The molecule has 0 amide bonds. The molecule has 7 nitrogen and oxygen atoms in total. The minimum absolute atomic E-state index is 0.390. The Morgan fingerprint density at radius 2 is 1.74 bits per heavy atom. The third kappa shape index (κ3) is 4.54. The zero-order chi connectivity index (χ0) is 21.0. The van der Waals surface area contributed by atoms with Gasteiger partial charge in [-0.25, -0.2) is 4.98 Å². The van der Waals surface area contributed by atoms with Crippen LogP contribution < -0.4 is 10.6 Å². The van der Waals surface area contributed by atoms with Gasteiger partial charge in [0.05, 0.1) is 18.2 Å². The molecule has 1 fully saturated rings. The molecule has 1 saturated carbocycles. The highest BCUT2D eigenvalue weighted by atomic mass is 15.2. The van der Waals surface area contributed by atoms with Crippen LogP contribution in [0.25, 0.3) is 11.3 Å². The molecule has 5 rings (SSSR count). The molecule has 0 spiro atoms. The molecule has 0 bridgehead atoms. The molecule has 4 aromatic rings. The van der Waals surface area contributed by atoms with E-state index in [-0.39, 0.29) is 0 Å². The summed E-state index contributed by atoms with van der Waals surface area (Å²) in [7, 11) is 0. The van der Waals surface area contributed by atoms with E-state index in [0.29, 0.717) is 24.1 Å². The van der Waals surface area contributed by atoms with Gasteiger partial charge in [-0.2, -0.15) is 15.3 Å². The molecular formula is C24H21N7. The first-order valence-corrected chi connectivity index (χ1v) is 10.3. The zero-order valence-electron chi connectivity index (χ0n) is 16.8. The van der Waals surface area contributed by atoms with Gasteiger partial charge in [-0.15, -0.1) is 0 Å². The van der Waals surface area contributed by atoms with Crippen LogP contribution in [0.15, 0.2) is 66.7 Å². The maximum atomic E-state index is 8.85. The Bertz CT molecular complexity index is 1220. The molecule has 2 aromatic heterocycles. The van der Waals surface area contributed by atoms with Crippen molar-refractivity contribution < 1.29 is 0 Å². The Kier molecular flexibility index (Phi) is 5.03. The molecule has 1 aliphatic carbocycles. The molecule has 0 radical (unpaired) electrons. The van der Waals surface area contributed by atoms with E-state index in [2.05, 4.69) is 31.9 Å². The summed E-state index contributed by atoms with van der Waals surface area (Å²) in [5, 5.41) is 22.9. The fourth-order valence-corrected chi connectivity index (χ4v) is 3.39. The summed E-state index contributed by atoms with van der Waals surface area (Å²) in [4.78, 5) is 9.34. The summed E-state index contributed by atoms with van der Waals surface area (Å²) < 4.78 is 0. The van der Waals surface area contributed by atoms with Crippen molar-refractivity contribution in [2.24, 2.45) is 0 Å². The fourth-order valence-electron chi connectivity index (χ4n) is 3.39. The smallest absolute Gasteiger partial charge is 0.229 e. The Labute approximate surface area is 180 Å². The lowest BCUT2D eigenvalue weighted by atomic mass is 10.1. The first kappa shape index (κ1) is 18.8. The average Bonchev–Trinajstić information content (AvgIpc) is 3.55. The molecular weight excluding hydrogens is 386 g/mol. The van der Waals surface area contributed by atoms with Crippen LogP contribution >= 0.6 is 0 Å². The molecule has 152 valence electrons. The number of hydrogen-bond acceptors (Lipinski definition) is 6. The minimum Gasteiger partial charge on any atom is -0.324 e. The Morgan fingerprint density at radius 1 is 0.935 bits per heavy atom. The maximum Gasteiger partial charge on any atom is 0.229 e. The van der Waals surface area contributed by atoms with E-state index in [1.165, 1.54) is 12.8 Å². The second-order valence-corrected chi connectivity index (χ2v) is 7.59. The largest absolute Gasteiger partial charge is 0.324 e. The number of hydrogen-bond donors (Lipinski definition) is 3. The van der Waals surface area contributed by atoms with E-state index < -0.39 is 0 Å². The first-order valence-electron chi connectivity index (χ1n) is 10.3. The molecule has 2 heterocycles. The molecule has 0 aliphatic heterocycles. The predicted octanol–water partition coefficient (Wildman–Crippen LogP) is 5.30. The average molecular weight is 407 g/mol. The minimum atomic E-state index is 0.390. The quantitative estimate of drug-likeness (QED) is 0.384. The summed E-state index contributed by atoms with van der Waals surface area (Å²) in [6.45, 7) is 0. The highest BCUT2D eigenvalue weighted by molar-refractivity contribution is 5.68. The van der Waals surface area contributed by atoms with Gasteiger partial charge in [0.1, 0.15) is 5.82 Å². The number of benzene rings is 2. The van der Waals surface area contributed by atoms with Crippen molar-refractivity contribution in [1.29, 1.82) is 5.26 Å². The molecule has 0 saturated heterocycles. The topological polar surface area (TPSA) is 102 Å². The van der Waals surface area contributed by atoms with Crippen molar-refractivity contribution in [3.8, 4) is 17.3 Å². The maximum absolute atomic E-state index is 8.85. The summed E-state index contributed by atoms with van der Waals surface area (Å²) in [5.74, 6) is 2.49. The van der Waals surface area contributed by atoms with Crippen molar-refractivity contribution in [1.82, 2.24) is 20.2 Å². The number of aromatic nitrogens is 4. The van der Waals surface area contributed by atoms with E-state index in [1.807, 2.05) is 66.7 Å². The first-order chi connectivity index (χ1) is 15.3. The van der Waals surface area contributed by atoms with Crippen LogP contribution in [0.3, 0.4) is 0 Å². The van der Waals surface area contributed by atoms with E-state index in [1.54, 1.807) is 0 Å². The van der Waals surface area contributed by atoms with Crippen molar-refractivity contribution in [3.05, 3.63) is 78.0 Å². The molecule has 2 aromatic carbocycles. The van der Waals surface area contributed by atoms with Gasteiger partial charge in [0.15, 0.2) is 5.82 Å². The molecule has 0 atom stereocenters. The van der Waals surface area contributed by atoms with E-state index in [0.717, 1.165) is 34.0 Å². The summed E-state index contributed by atoms with van der Waals surface area (Å²) in [6.07, 6.45) is 2.82. The fraction of sp³-hybridized carbons (Fsp3) is 0.167. The van der Waals surface area contributed by atoms with Gasteiger partial charge in [-0.3, -0.25) is 5.10 Å². The van der Waals surface area contributed by atoms with Gasteiger partial charge in [0.2, 0.25) is 5.95 Å². The number of rotatable bonds is 7. The molecule has 3 N–H and O–H groups in total. The van der Waals surface area contributed by atoms with Crippen molar-refractivity contribution >= 4 is 23.3 Å². The van der Waals surface area contributed by atoms with Crippen LogP contribution in [-0.2, 0) is 6.42 Å². The molecule has 7 heteroatoms. The van der Waals surface area contributed by atoms with Crippen molar-refractivity contribution in [2.45, 2.75) is 25.2 Å². The third-order valence-electron chi connectivity index (χ3n) is 5.16. The number of nitrogens with one attached hydrogen (secondary N) is 3. The van der Waals surface area contributed by atoms with Crippen LogP contribution in [0.4, 0.5) is 23.3 Å². The summed E-state index contributed by atoms with van der Waals surface area (Å²) in [5.41, 5.74) is 4.80. The Hall–Kier alpha value is -4.18. The highest BCUT2D eigenvalue weighted by Gasteiger charge is 2.25. The van der Waals surface area contributed by atoms with E-state index >= 15 is 0 Å². The second-order valence-electron chi connectivity index (χ2n) is 7.59. The van der Waals surface area contributed by atoms with Crippen LogP contribution in [0.5, 0.6) is 0 Å². The van der Waals surface area contributed by atoms with Gasteiger partial charge in [0, 0.05) is 35.0 Å². The lowest BCUT2D eigenvalue weighted by molar-refractivity contribution is 0.966. The van der Waals surface area contributed by atoms with E-state index in [9.17, 15) is 0 Å². The number of nitriles is 1. The van der Waals surface area contributed by atoms with Gasteiger partial charge < -0.3 is 10.6 Å². The number of H-pyrrole nitrogens is 1. The van der Waals surface area contributed by atoms with Crippen molar-refractivity contribution in [2.75, 3.05) is 10.6 Å². The highest BCUT2D eigenvalue weighted by Crippen LogP contribution is 2.39. The van der Waals surface area contributed by atoms with Gasteiger partial charge in [-0.1, -0.05) is 42.5 Å². The normalized spacial score (nSPS) is 12.9. The molecule has 1 aliphatic rings. The predicted molar refractivity (Wildman–Crippen MR) is 120 cm³/mol. The number of aromatic amines is 1. The standard InChI is InChI=1S/C24H21N7/c25-13-12-16-6-10-19(11-7-16)26-24-27-20(17-4-2-1-3-5-17)14-22(29-24)28-23-15-21(30-31-23)18-8-9-18/h1-7,10-11,14-15,18H,8-9,12H2,(H3,26,27,28,29,30,31). The van der Waals surface area contributed by atoms with Gasteiger partial charge in [-0.05, 0) is 30.5 Å². The Balaban J connectivity index is 1.44. The number of anilines is 4. The molecule has 31 heavy (non-hydrogen) atoms. The summed E-state index contributed by atoms with van der Waals surface area (Å²) >= 11 is 0. The van der Waals surface area contributed by atoms with Gasteiger partial charge >= 0.3 is 0 Å². The summed E-state index contributed by atoms with van der Waals surface area (Å²) in [6, 6.07) is 23.8. The monoisotopic (exact) mass is 407 g/mol. The van der Waals surface area contributed by atoms with Crippen LogP contribution in [0, 0.1) is 11.3 Å². The second kappa shape index (κ2) is 8.28. The van der Waals surface area contributed by atoms with Gasteiger partial charge in [0.25, 0.3) is 0 Å². The van der Waals surface area contributed by atoms with Crippen molar-refractivity contribution in [3.63, 3.8) is 0 Å². The number of nitrogens with zero attached hydrogens (tertiary/aromatic N) is 4. The zero-order valence-corrected chi connectivity index (χ0v) is 16.8. The molecule has 0 unspecified atom stereocenters. The van der Waals surface area contributed by atoms with Crippen LogP contribution in [0.2, 0.25) is 0 Å². The lowest BCUT2D eigenvalue weighted by Gasteiger charge is -2.11. The lowest BCUT2D eigenvalue weighted by Crippen LogP contribution is -2.02. The SMILES string of the molecule is N#CCc1ccc(Nc2nc(Nc3cc(C4CC4)[nH]n3)cc(-c3ccccc3)n2)cc1. The van der Waals surface area contributed by atoms with Crippen LogP contribution in [-0.4, -0.2) is 20.2 Å². The third-order valence-corrected chi connectivity index (χ3v) is 5.16. The van der Waals surface area contributed by atoms with Crippen LogP contribution in [0.1, 0.15) is 30.0 Å². The Morgan fingerprint density at radius 3 is 2.48 bits per heavy atom.